The summed E-state index contributed by atoms with van der Waals surface area (Å²) in [4.78, 5) is 2.49. The number of anilines is 1. The van der Waals surface area contributed by atoms with Crippen LogP contribution in [0.15, 0.2) is 18.2 Å². The third kappa shape index (κ3) is 3.24. The van der Waals surface area contributed by atoms with Crippen LogP contribution in [0.3, 0.4) is 0 Å². The summed E-state index contributed by atoms with van der Waals surface area (Å²) in [5.74, 6) is 0. The molecular weight excluding hydrogens is 224 g/mol. The van der Waals surface area contributed by atoms with Crippen LogP contribution in [0.25, 0.3) is 0 Å². The predicted octanol–water partition coefficient (Wildman–Crippen LogP) is 2.11. The van der Waals surface area contributed by atoms with E-state index in [0.29, 0.717) is 0 Å². The molecule has 3 heteroatoms. The van der Waals surface area contributed by atoms with E-state index >= 15 is 0 Å². The second-order valence-corrected chi connectivity index (χ2v) is 5.08. The van der Waals surface area contributed by atoms with Gasteiger partial charge in [0.1, 0.15) is 0 Å². The summed E-state index contributed by atoms with van der Waals surface area (Å²) >= 11 is 0. The van der Waals surface area contributed by atoms with Gasteiger partial charge in [0.25, 0.3) is 0 Å². The van der Waals surface area contributed by atoms with Crippen LogP contribution < -0.4 is 10.6 Å². The molecule has 0 atom stereocenters. The molecule has 1 aliphatic carbocycles. The summed E-state index contributed by atoms with van der Waals surface area (Å²) < 4.78 is 5.22. The molecule has 0 saturated heterocycles. The minimum atomic E-state index is 0.717. The number of aryl methyl sites for hydroxylation is 1. The zero-order chi connectivity index (χ0) is 13.0. The number of nitrogens with two attached hydrogens (primary N) is 1. The predicted molar refractivity (Wildman–Crippen MR) is 76.2 cm³/mol. The van der Waals surface area contributed by atoms with E-state index in [9.17, 15) is 0 Å². The summed E-state index contributed by atoms with van der Waals surface area (Å²) in [6, 6.07) is 7.44. The van der Waals surface area contributed by atoms with Gasteiger partial charge in [0.05, 0.1) is 6.61 Å². The van der Waals surface area contributed by atoms with Crippen molar-refractivity contribution in [3.8, 4) is 0 Å². The van der Waals surface area contributed by atoms with Gasteiger partial charge in [-0.1, -0.05) is 12.1 Å². The molecule has 0 spiro atoms. The van der Waals surface area contributed by atoms with Crippen LogP contribution in [-0.2, 0) is 11.2 Å². The first-order valence-corrected chi connectivity index (χ1v) is 6.81. The summed E-state index contributed by atoms with van der Waals surface area (Å²) in [7, 11) is 1.77. The fraction of sp³-hybridized carbons (Fsp3) is 0.600. The quantitative estimate of drug-likeness (QED) is 0.803. The van der Waals surface area contributed by atoms with E-state index in [2.05, 4.69) is 30.0 Å². The molecule has 3 nitrogen and oxygen atoms in total. The molecule has 2 N–H and O–H groups in total. The molecule has 18 heavy (non-hydrogen) atoms. The lowest BCUT2D eigenvalue weighted by atomic mass is 10.1. The molecular formula is C15H24N2O. The van der Waals surface area contributed by atoms with Crippen LogP contribution in [0.1, 0.15) is 24.0 Å². The van der Waals surface area contributed by atoms with E-state index < -0.39 is 0 Å². The van der Waals surface area contributed by atoms with Gasteiger partial charge in [-0.2, -0.15) is 0 Å². The molecule has 1 fully saturated rings. The standard InChI is InChI=1S/C15H24N2O/c1-12-11-13(7-8-16)3-6-15(12)17(9-10-18-2)14-4-5-14/h3,6,11,14H,4-5,7-10,16H2,1-2H3. The Bertz CT molecular complexity index is 388. The number of hydrogen-bond donors (Lipinski definition) is 1. The summed E-state index contributed by atoms with van der Waals surface area (Å²) in [5.41, 5.74) is 9.65. The molecule has 1 aromatic carbocycles. The largest absolute Gasteiger partial charge is 0.383 e. The lowest BCUT2D eigenvalue weighted by Gasteiger charge is -2.26. The van der Waals surface area contributed by atoms with Crippen LogP contribution >= 0.6 is 0 Å². The van der Waals surface area contributed by atoms with E-state index in [0.717, 1.165) is 32.2 Å². The molecule has 0 aliphatic heterocycles. The molecule has 100 valence electrons. The summed E-state index contributed by atoms with van der Waals surface area (Å²) in [5, 5.41) is 0. The smallest absolute Gasteiger partial charge is 0.0637 e. The van der Waals surface area contributed by atoms with E-state index in [4.69, 9.17) is 10.5 Å². The molecule has 1 saturated carbocycles. The van der Waals surface area contributed by atoms with Gasteiger partial charge in [0, 0.05) is 25.4 Å². The first-order valence-electron chi connectivity index (χ1n) is 6.81. The van der Waals surface area contributed by atoms with Crippen molar-refractivity contribution in [1.82, 2.24) is 0 Å². The van der Waals surface area contributed by atoms with Gasteiger partial charge in [-0.3, -0.25) is 0 Å². The molecule has 0 radical (unpaired) electrons. The van der Waals surface area contributed by atoms with Crippen molar-refractivity contribution < 1.29 is 4.74 Å². The molecule has 0 heterocycles. The third-order valence-corrected chi connectivity index (χ3v) is 3.53. The Balaban J connectivity index is 2.13. The van der Waals surface area contributed by atoms with E-state index in [1.165, 1.54) is 29.7 Å². The molecule has 0 unspecified atom stereocenters. The van der Waals surface area contributed by atoms with E-state index in [1.54, 1.807) is 7.11 Å². The Hall–Kier alpha value is -1.06. The molecule has 2 rings (SSSR count). The Morgan fingerprint density at radius 2 is 2.17 bits per heavy atom. The van der Waals surface area contributed by atoms with Gasteiger partial charge in [-0.05, 0) is 49.9 Å². The topological polar surface area (TPSA) is 38.5 Å². The van der Waals surface area contributed by atoms with Gasteiger partial charge >= 0.3 is 0 Å². The van der Waals surface area contributed by atoms with Gasteiger partial charge in [-0.25, -0.2) is 0 Å². The van der Waals surface area contributed by atoms with E-state index in [-0.39, 0.29) is 0 Å². The number of rotatable bonds is 7. The Morgan fingerprint density at radius 3 is 2.72 bits per heavy atom. The first kappa shape index (κ1) is 13.4. The molecule has 1 aliphatic rings. The van der Waals surface area contributed by atoms with Crippen molar-refractivity contribution >= 4 is 5.69 Å². The Labute approximate surface area is 110 Å². The maximum atomic E-state index is 5.61. The SMILES string of the molecule is COCCN(c1ccc(CCN)cc1C)C1CC1. The normalized spacial score (nSPS) is 14.8. The van der Waals surface area contributed by atoms with Gasteiger partial charge in [0.15, 0.2) is 0 Å². The maximum absolute atomic E-state index is 5.61. The number of benzene rings is 1. The summed E-state index contributed by atoms with van der Waals surface area (Å²) in [6.07, 6.45) is 3.59. The highest BCUT2D eigenvalue weighted by atomic mass is 16.5. The fourth-order valence-electron chi connectivity index (χ4n) is 2.44. The molecule has 0 aromatic heterocycles. The Morgan fingerprint density at radius 1 is 1.39 bits per heavy atom. The number of methoxy groups -OCH3 is 1. The van der Waals surface area contributed by atoms with Crippen molar-refractivity contribution in [3.05, 3.63) is 29.3 Å². The average molecular weight is 248 g/mol. The van der Waals surface area contributed by atoms with Crippen molar-refractivity contribution in [2.24, 2.45) is 5.73 Å². The average Bonchev–Trinajstić information content (AvgIpc) is 3.17. The molecule has 0 amide bonds. The van der Waals surface area contributed by atoms with Crippen LogP contribution in [0.2, 0.25) is 0 Å². The second kappa shape index (κ2) is 6.21. The number of ether oxygens (including phenoxy) is 1. The third-order valence-electron chi connectivity index (χ3n) is 3.53. The molecule has 1 aromatic rings. The minimum Gasteiger partial charge on any atom is -0.383 e. The van der Waals surface area contributed by atoms with Crippen LogP contribution in [0, 0.1) is 6.92 Å². The van der Waals surface area contributed by atoms with Crippen molar-refractivity contribution in [2.45, 2.75) is 32.2 Å². The minimum absolute atomic E-state index is 0.717. The fourth-order valence-corrected chi connectivity index (χ4v) is 2.44. The zero-order valence-electron chi connectivity index (χ0n) is 11.5. The number of hydrogen-bond acceptors (Lipinski definition) is 3. The van der Waals surface area contributed by atoms with E-state index in [1.807, 2.05) is 0 Å². The van der Waals surface area contributed by atoms with Crippen molar-refractivity contribution in [3.63, 3.8) is 0 Å². The highest BCUT2D eigenvalue weighted by Gasteiger charge is 2.29. The van der Waals surface area contributed by atoms with Crippen LogP contribution in [0.4, 0.5) is 5.69 Å². The van der Waals surface area contributed by atoms with Crippen LogP contribution in [-0.4, -0.2) is 32.8 Å². The van der Waals surface area contributed by atoms with Crippen molar-refractivity contribution in [2.75, 3.05) is 31.7 Å². The summed E-state index contributed by atoms with van der Waals surface area (Å²) in [6.45, 7) is 4.69. The highest BCUT2D eigenvalue weighted by molar-refractivity contribution is 5.56. The lowest BCUT2D eigenvalue weighted by molar-refractivity contribution is 0.205. The number of nitrogens with zero attached hydrogens (tertiary/aromatic N) is 1. The first-order chi connectivity index (χ1) is 8.76. The van der Waals surface area contributed by atoms with Crippen LogP contribution in [0.5, 0.6) is 0 Å². The monoisotopic (exact) mass is 248 g/mol. The highest BCUT2D eigenvalue weighted by Crippen LogP contribution is 2.33. The van der Waals surface area contributed by atoms with Gasteiger partial charge < -0.3 is 15.4 Å². The molecule has 0 bridgehead atoms. The second-order valence-electron chi connectivity index (χ2n) is 5.08. The van der Waals surface area contributed by atoms with Crippen molar-refractivity contribution in [1.29, 1.82) is 0 Å². The van der Waals surface area contributed by atoms with Gasteiger partial charge in [0.2, 0.25) is 0 Å². The zero-order valence-corrected chi connectivity index (χ0v) is 11.5. The lowest BCUT2D eigenvalue weighted by Crippen LogP contribution is -2.30. The van der Waals surface area contributed by atoms with Gasteiger partial charge in [-0.15, -0.1) is 0 Å². The maximum Gasteiger partial charge on any atom is 0.0637 e. The Kier molecular flexibility index (Phi) is 4.61.